The van der Waals surface area contributed by atoms with Crippen LogP contribution in [0.4, 0.5) is 5.82 Å². The van der Waals surface area contributed by atoms with Gasteiger partial charge in [0.25, 0.3) is 0 Å². The molecule has 22 heavy (non-hydrogen) atoms. The van der Waals surface area contributed by atoms with Crippen molar-refractivity contribution in [1.29, 1.82) is 0 Å². The van der Waals surface area contributed by atoms with Gasteiger partial charge in [0, 0.05) is 30.7 Å². The molecule has 114 valence electrons. The lowest BCUT2D eigenvalue weighted by atomic mass is 10.1. The van der Waals surface area contributed by atoms with Gasteiger partial charge >= 0.3 is 0 Å². The van der Waals surface area contributed by atoms with Crippen LogP contribution in [0.3, 0.4) is 0 Å². The van der Waals surface area contributed by atoms with Crippen LogP contribution < -0.4 is 5.32 Å². The molecule has 1 fully saturated rings. The lowest BCUT2D eigenvalue weighted by Crippen LogP contribution is -2.28. The van der Waals surface area contributed by atoms with Crippen molar-refractivity contribution in [3.05, 3.63) is 52.4 Å². The topological polar surface area (TPSA) is 45.2 Å². The van der Waals surface area contributed by atoms with E-state index in [9.17, 15) is 4.79 Å². The van der Waals surface area contributed by atoms with E-state index in [4.69, 9.17) is 0 Å². The van der Waals surface area contributed by atoms with Crippen LogP contribution in [0.15, 0.2) is 41.9 Å². The second kappa shape index (κ2) is 6.75. The molecule has 3 heterocycles. The average molecular weight is 313 g/mol. The van der Waals surface area contributed by atoms with E-state index >= 15 is 0 Å². The van der Waals surface area contributed by atoms with Crippen molar-refractivity contribution in [1.82, 2.24) is 9.88 Å². The van der Waals surface area contributed by atoms with Crippen LogP contribution in [0.25, 0.3) is 6.08 Å². The number of likely N-dealkylation sites (tertiary alicyclic amines) is 1. The van der Waals surface area contributed by atoms with Gasteiger partial charge in [0.2, 0.25) is 5.91 Å². The van der Waals surface area contributed by atoms with Crippen molar-refractivity contribution in [3.8, 4) is 0 Å². The Morgan fingerprint density at radius 1 is 1.50 bits per heavy atom. The maximum atomic E-state index is 12.5. The number of carbonyl (C=O) groups excluding carboxylic acids is 1. The fourth-order valence-corrected chi connectivity index (χ4v) is 3.42. The number of anilines is 1. The molecule has 2 aromatic rings. The average Bonchev–Trinajstić information content (AvgIpc) is 3.24. The zero-order valence-corrected chi connectivity index (χ0v) is 13.3. The summed E-state index contributed by atoms with van der Waals surface area (Å²) in [7, 11) is 1.85. The molecule has 1 amide bonds. The van der Waals surface area contributed by atoms with Crippen LogP contribution in [0.2, 0.25) is 0 Å². The van der Waals surface area contributed by atoms with Crippen LogP contribution >= 0.6 is 11.3 Å². The van der Waals surface area contributed by atoms with Crippen molar-refractivity contribution in [2.75, 3.05) is 18.9 Å². The first-order valence-corrected chi connectivity index (χ1v) is 8.32. The lowest BCUT2D eigenvalue weighted by molar-refractivity contribution is -0.126. The van der Waals surface area contributed by atoms with Gasteiger partial charge in [-0.25, -0.2) is 4.98 Å². The highest BCUT2D eigenvalue weighted by molar-refractivity contribution is 7.10. The van der Waals surface area contributed by atoms with E-state index in [2.05, 4.69) is 10.3 Å². The van der Waals surface area contributed by atoms with E-state index in [1.807, 2.05) is 47.7 Å². The minimum Gasteiger partial charge on any atom is -0.373 e. The molecule has 0 saturated carbocycles. The molecular weight excluding hydrogens is 294 g/mol. The zero-order chi connectivity index (χ0) is 15.4. The normalized spacial score (nSPS) is 18.0. The Bertz CT molecular complexity index is 666. The molecule has 1 unspecified atom stereocenters. The minimum absolute atomic E-state index is 0.0821. The number of nitrogens with zero attached hydrogens (tertiary/aromatic N) is 2. The fourth-order valence-electron chi connectivity index (χ4n) is 2.80. The largest absolute Gasteiger partial charge is 0.373 e. The molecular formula is C17H19N3OS. The third-order valence-electron chi connectivity index (χ3n) is 3.89. The summed E-state index contributed by atoms with van der Waals surface area (Å²) < 4.78 is 0. The van der Waals surface area contributed by atoms with Crippen molar-refractivity contribution < 1.29 is 4.79 Å². The number of aromatic nitrogens is 1. The van der Waals surface area contributed by atoms with Crippen LogP contribution in [-0.4, -0.2) is 29.4 Å². The predicted molar refractivity (Wildman–Crippen MR) is 90.8 cm³/mol. The number of rotatable bonds is 4. The monoisotopic (exact) mass is 313 g/mol. The van der Waals surface area contributed by atoms with Gasteiger partial charge in [-0.15, -0.1) is 11.3 Å². The molecule has 0 spiro atoms. The minimum atomic E-state index is 0.0821. The maximum Gasteiger partial charge on any atom is 0.247 e. The lowest BCUT2D eigenvalue weighted by Gasteiger charge is -2.24. The Balaban J connectivity index is 1.76. The number of amides is 1. The third kappa shape index (κ3) is 3.20. The van der Waals surface area contributed by atoms with Gasteiger partial charge in [-0.3, -0.25) is 4.79 Å². The molecule has 2 aromatic heterocycles. The van der Waals surface area contributed by atoms with Crippen molar-refractivity contribution in [2.24, 2.45) is 0 Å². The molecule has 1 atom stereocenters. The summed E-state index contributed by atoms with van der Waals surface area (Å²) in [5.41, 5.74) is 1.15. The summed E-state index contributed by atoms with van der Waals surface area (Å²) in [5, 5.41) is 5.06. The molecule has 1 aliphatic heterocycles. The Kier molecular flexibility index (Phi) is 4.53. The standard InChI is InChI=1S/C17H19N3OS/c1-18-16-12-13(8-9-19-16)15-5-2-10-20(15)17(21)7-6-14-4-3-11-22-14/h3-4,6-9,11-12,15H,2,5,10H2,1H3,(H,18,19). The molecule has 4 nitrogen and oxygen atoms in total. The van der Waals surface area contributed by atoms with Gasteiger partial charge in [0.1, 0.15) is 5.82 Å². The molecule has 0 aromatic carbocycles. The molecule has 1 N–H and O–H groups in total. The summed E-state index contributed by atoms with van der Waals surface area (Å²) in [4.78, 5) is 19.8. The first-order valence-electron chi connectivity index (χ1n) is 7.44. The highest BCUT2D eigenvalue weighted by Crippen LogP contribution is 2.32. The van der Waals surface area contributed by atoms with Gasteiger partial charge in [0.15, 0.2) is 0 Å². The van der Waals surface area contributed by atoms with Crippen molar-refractivity contribution in [2.45, 2.75) is 18.9 Å². The second-order valence-electron chi connectivity index (χ2n) is 5.26. The molecule has 3 rings (SSSR count). The number of nitrogens with one attached hydrogen (secondary N) is 1. The molecule has 1 aliphatic rings. The SMILES string of the molecule is CNc1cc(C2CCCN2C(=O)C=Cc2cccs2)ccn1. The van der Waals surface area contributed by atoms with Crippen LogP contribution in [0.5, 0.6) is 0 Å². The Hall–Kier alpha value is -2.14. The molecule has 0 radical (unpaired) electrons. The number of thiophene rings is 1. The van der Waals surface area contributed by atoms with Gasteiger partial charge in [-0.05, 0) is 48.1 Å². The third-order valence-corrected chi connectivity index (χ3v) is 4.73. The van der Waals surface area contributed by atoms with E-state index in [1.54, 1.807) is 23.6 Å². The Morgan fingerprint density at radius 3 is 3.18 bits per heavy atom. The Labute approximate surface area is 134 Å². The number of hydrogen-bond donors (Lipinski definition) is 1. The van der Waals surface area contributed by atoms with Crippen molar-refractivity contribution in [3.63, 3.8) is 0 Å². The first-order chi connectivity index (χ1) is 10.8. The summed E-state index contributed by atoms with van der Waals surface area (Å²) >= 11 is 1.64. The predicted octanol–water partition coefficient (Wildman–Crippen LogP) is 3.56. The van der Waals surface area contributed by atoms with E-state index in [1.165, 1.54) is 0 Å². The summed E-state index contributed by atoms with van der Waals surface area (Å²) in [6, 6.07) is 8.18. The smallest absolute Gasteiger partial charge is 0.247 e. The van der Waals surface area contributed by atoms with Gasteiger partial charge in [-0.1, -0.05) is 6.07 Å². The fraction of sp³-hybridized carbons (Fsp3) is 0.294. The van der Waals surface area contributed by atoms with E-state index in [-0.39, 0.29) is 11.9 Å². The van der Waals surface area contributed by atoms with Gasteiger partial charge in [-0.2, -0.15) is 0 Å². The molecule has 5 heteroatoms. The van der Waals surface area contributed by atoms with Crippen LogP contribution in [0, 0.1) is 0 Å². The quantitative estimate of drug-likeness (QED) is 0.878. The number of carbonyl (C=O) groups is 1. The van der Waals surface area contributed by atoms with Gasteiger partial charge < -0.3 is 10.2 Å². The van der Waals surface area contributed by atoms with Gasteiger partial charge in [0.05, 0.1) is 6.04 Å². The maximum absolute atomic E-state index is 12.5. The number of hydrogen-bond acceptors (Lipinski definition) is 4. The zero-order valence-electron chi connectivity index (χ0n) is 12.5. The van der Waals surface area contributed by atoms with E-state index in [0.717, 1.165) is 35.6 Å². The van der Waals surface area contributed by atoms with Crippen molar-refractivity contribution >= 4 is 29.1 Å². The number of pyridine rings is 1. The molecule has 0 bridgehead atoms. The molecule has 0 aliphatic carbocycles. The Morgan fingerprint density at radius 2 is 2.41 bits per heavy atom. The van der Waals surface area contributed by atoms with Crippen LogP contribution in [-0.2, 0) is 4.79 Å². The summed E-state index contributed by atoms with van der Waals surface area (Å²) in [6.07, 6.45) is 7.42. The van der Waals surface area contributed by atoms with E-state index in [0.29, 0.717) is 0 Å². The first kappa shape index (κ1) is 14.8. The van der Waals surface area contributed by atoms with Crippen LogP contribution in [0.1, 0.15) is 29.3 Å². The van der Waals surface area contributed by atoms with E-state index < -0.39 is 0 Å². The highest BCUT2D eigenvalue weighted by Gasteiger charge is 2.28. The second-order valence-corrected chi connectivity index (χ2v) is 6.24. The summed E-state index contributed by atoms with van der Waals surface area (Å²) in [6.45, 7) is 0.815. The highest BCUT2D eigenvalue weighted by atomic mass is 32.1. The molecule has 1 saturated heterocycles. The summed E-state index contributed by atoms with van der Waals surface area (Å²) in [5.74, 6) is 0.921.